The molecule has 0 aliphatic rings. The van der Waals surface area contributed by atoms with Gasteiger partial charge in [-0.25, -0.2) is 8.42 Å². The maximum absolute atomic E-state index is 12.1. The van der Waals surface area contributed by atoms with E-state index in [0.717, 1.165) is 0 Å². The van der Waals surface area contributed by atoms with Gasteiger partial charge in [0.25, 0.3) is 5.04 Å². The topological polar surface area (TPSA) is 82.3 Å². The smallest absolute Gasteiger partial charge is 0.252 e. The first-order valence-electron chi connectivity index (χ1n) is 5.53. The molecule has 0 spiro atoms. The molecule has 0 aliphatic heterocycles. The van der Waals surface area contributed by atoms with Crippen molar-refractivity contribution in [3.8, 4) is 6.07 Å². The second-order valence-electron chi connectivity index (χ2n) is 4.89. The normalized spacial score (nSPS) is 12.9. The van der Waals surface area contributed by atoms with E-state index in [1.165, 1.54) is 32.9 Å². The van der Waals surface area contributed by atoms with Gasteiger partial charge in [0, 0.05) is 0 Å². The molecule has 0 radical (unpaired) electrons. The molecule has 0 saturated heterocycles. The van der Waals surface area contributed by atoms with Crippen LogP contribution in [0.1, 0.15) is 20.8 Å². The number of hydrazone groups is 1. The molecule has 0 amide bonds. The van der Waals surface area contributed by atoms with Crippen molar-refractivity contribution in [2.24, 2.45) is 5.10 Å². The van der Waals surface area contributed by atoms with E-state index < -0.39 is 19.6 Å². The lowest BCUT2D eigenvalue weighted by atomic mass is 10.3. The Kier molecular flexibility index (Phi) is 5.03. The van der Waals surface area contributed by atoms with Gasteiger partial charge in [-0.15, -0.1) is 0 Å². The van der Waals surface area contributed by atoms with Crippen LogP contribution < -0.4 is 5.43 Å². The molecular weight excluding hydrogens is 321 g/mol. The molecule has 8 heteroatoms. The highest BCUT2D eigenvalue weighted by molar-refractivity contribution is 8.08. The van der Waals surface area contributed by atoms with Crippen LogP contribution in [0.2, 0.25) is 10.0 Å². The minimum absolute atomic E-state index is 0.295. The molecule has 108 valence electrons. The Labute approximate surface area is 128 Å². The van der Waals surface area contributed by atoms with E-state index >= 15 is 0 Å². The summed E-state index contributed by atoms with van der Waals surface area (Å²) < 4.78 is 23.1. The lowest BCUT2D eigenvalue weighted by Gasteiger charge is -2.17. The zero-order valence-electron chi connectivity index (χ0n) is 11.1. The Morgan fingerprint density at radius 3 is 2.35 bits per heavy atom. The minimum atomic E-state index is -3.81. The first-order chi connectivity index (χ1) is 9.09. The molecule has 1 rings (SSSR count). The second-order valence-corrected chi connectivity index (χ2v) is 8.32. The van der Waals surface area contributed by atoms with Crippen LogP contribution >= 0.6 is 23.2 Å². The van der Waals surface area contributed by atoms with Gasteiger partial charge in [-0.05, 0) is 39.0 Å². The summed E-state index contributed by atoms with van der Waals surface area (Å²) in [4.78, 5) is 0. The van der Waals surface area contributed by atoms with Gasteiger partial charge in [0.1, 0.15) is 6.07 Å². The maximum atomic E-state index is 12.1. The summed E-state index contributed by atoms with van der Waals surface area (Å²) in [5, 5.41) is 12.7. The monoisotopic (exact) mass is 333 g/mol. The van der Waals surface area contributed by atoms with Gasteiger partial charge in [0.05, 0.1) is 20.5 Å². The van der Waals surface area contributed by atoms with Crippen LogP contribution in [0.5, 0.6) is 0 Å². The van der Waals surface area contributed by atoms with Gasteiger partial charge < -0.3 is 0 Å². The zero-order valence-corrected chi connectivity index (χ0v) is 13.4. The standard InChI is InChI=1S/C12H13Cl2N3O2S/c1-12(2,3)20(18,19)11(7-15)17-16-8-4-5-9(13)10(14)6-8/h4-6,16H,1-3H3/b17-11+. The molecule has 0 saturated carbocycles. The Morgan fingerprint density at radius 2 is 1.90 bits per heavy atom. The third kappa shape index (κ3) is 3.63. The van der Waals surface area contributed by atoms with Gasteiger partial charge in [-0.1, -0.05) is 23.2 Å². The highest BCUT2D eigenvalue weighted by atomic mass is 35.5. The van der Waals surface area contributed by atoms with E-state index in [1.807, 2.05) is 0 Å². The number of hydrogen-bond donors (Lipinski definition) is 1. The molecule has 0 bridgehead atoms. The molecule has 20 heavy (non-hydrogen) atoms. The van der Waals surface area contributed by atoms with Gasteiger partial charge in [-0.3, -0.25) is 5.43 Å². The second kappa shape index (κ2) is 6.00. The third-order valence-corrected chi connectivity index (χ3v) is 5.41. The predicted octanol–water partition coefficient (Wildman–Crippen LogP) is 3.46. The Morgan fingerprint density at radius 1 is 1.30 bits per heavy atom. The van der Waals surface area contributed by atoms with Crippen LogP contribution in [0.3, 0.4) is 0 Å². The predicted molar refractivity (Wildman–Crippen MR) is 81.8 cm³/mol. The first-order valence-corrected chi connectivity index (χ1v) is 7.77. The molecule has 5 nitrogen and oxygen atoms in total. The van der Waals surface area contributed by atoms with Gasteiger partial charge in [0.15, 0.2) is 0 Å². The Bertz CT molecular complexity index is 686. The van der Waals surface area contributed by atoms with Crippen molar-refractivity contribution >= 4 is 43.8 Å². The van der Waals surface area contributed by atoms with Gasteiger partial charge in [0.2, 0.25) is 9.84 Å². The van der Waals surface area contributed by atoms with E-state index in [-0.39, 0.29) is 0 Å². The highest BCUT2D eigenvalue weighted by Gasteiger charge is 2.34. The number of hydrogen-bond acceptors (Lipinski definition) is 5. The summed E-state index contributed by atoms with van der Waals surface area (Å²) in [6.07, 6.45) is 0. The quantitative estimate of drug-likeness (QED) is 0.510. The third-order valence-electron chi connectivity index (χ3n) is 2.36. The molecule has 1 N–H and O–H groups in total. The lowest BCUT2D eigenvalue weighted by molar-refractivity contribution is 0.573. The molecule has 0 fully saturated rings. The number of nitrogens with one attached hydrogen (secondary N) is 1. The molecule has 0 heterocycles. The van der Waals surface area contributed by atoms with E-state index in [0.29, 0.717) is 15.7 Å². The number of benzene rings is 1. The van der Waals surface area contributed by atoms with E-state index in [9.17, 15) is 8.42 Å². The van der Waals surface area contributed by atoms with Crippen LogP contribution in [0.15, 0.2) is 23.3 Å². The van der Waals surface area contributed by atoms with Crippen molar-refractivity contribution in [1.82, 2.24) is 0 Å². The SMILES string of the molecule is CC(C)(C)S(=O)(=O)/C(C#N)=N/Nc1ccc(Cl)c(Cl)c1. The van der Waals surface area contributed by atoms with Crippen molar-refractivity contribution in [2.75, 3.05) is 5.43 Å². The summed E-state index contributed by atoms with van der Waals surface area (Å²) in [5.41, 5.74) is 2.91. The Hall–Kier alpha value is -1.29. The summed E-state index contributed by atoms with van der Waals surface area (Å²) >= 11 is 11.6. The fourth-order valence-corrected chi connectivity index (χ4v) is 2.28. The molecule has 1 aromatic rings. The van der Waals surface area contributed by atoms with Crippen LogP contribution in [0, 0.1) is 11.3 Å². The molecular formula is C12H13Cl2N3O2S. The largest absolute Gasteiger partial charge is 0.276 e. The number of anilines is 1. The lowest BCUT2D eigenvalue weighted by Crippen LogP contribution is -2.34. The van der Waals surface area contributed by atoms with E-state index in [2.05, 4.69) is 10.5 Å². The van der Waals surface area contributed by atoms with Crippen LogP contribution in [-0.4, -0.2) is 18.2 Å². The van der Waals surface area contributed by atoms with Crippen molar-refractivity contribution in [3.63, 3.8) is 0 Å². The average Bonchev–Trinajstić information content (AvgIpc) is 2.32. The Balaban J connectivity index is 3.10. The van der Waals surface area contributed by atoms with Crippen molar-refractivity contribution in [2.45, 2.75) is 25.5 Å². The van der Waals surface area contributed by atoms with Crippen molar-refractivity contribution < 1.29 is 8.42 Å². The summed E-state index contributed by atoms with van der Waals surface area (Å²) in [7, 11) is -3.81. The molecule has 0 aromatic heterocycles. The number of sulfone groups is 1. The molecule has 1 aromatic carbocycles. The average molecular weight is 334 g/mol. The number of rotatable bonds is 2. The highest BCUT2D eigenvalue weighted by Crippen LogP contribution is 2.25. The maximum Gasteiger partial charge on any atom is 0.252 e. The van der Waals surface area contributed by atoms with Crippen molar-refractivity contribution in [1.29, 1.82) is 5.26 Å². The van der Waals surface area contributed by atoms with Gasteiger partial charge in [-0.2, -0.15) is 10.4 Å². The number of halogens is 2. The van der Waals surface area contributed by atoms with Crippen molar-refractivity contribution in [3.05, 3.63) is 28.2 Å². The van der Waals surface area contributed by atoms with E-state index in [4.69, 9.17) is 28.5 Å². The summed E-state index contributed by atoms with van der Waals surface area (Å²) in [6, 6.07) is 6.16. The minimum Gasteiger partial charge on any atom is -0.276 e. The van der Waals surface area contributed by atoms with Crippen LogP contribution in [0.25, 0.3) is 0 Å². The molecule has 0 atom stereocenters. The zero-order chi connectivity index (χ0) is 15.6. The first kappa shape index (κ1) is 16.8. The van der Waals surface area contributed by atoms with Crippen LogP contribution in [0.4, 0.5) is 5.69 Å². The molecule has 0 unspecified atom stereocenters. The fourth-order valence-electron chi connectivity index (χ4n) is 1.12. The molecule has 0 aliphatic carbocycles. The number of nitrogens with zero attached hydrogens (tertiary/aromatic N) is 2. The fraction of sp³-hybridized carbons (Fsp3) is 0.333. The summed E-state index contributed by atoms with van der Waals surface area (Å²) in [6.45, 7) is 4.48. The number of nitriles is 1. The van der Waals surface area contributed by atoms with Gasteiger partial charge >= 0.3 is 0 Å². The summed E-state index contributed by atoms with van der Waals surface area (Å²) in [5.74, 6) is 0. The van der Waals surface area contributed by atoms with Crippen LogP contribution in [-0.2, 0) is 9.84 Å². The van der Waals surface area contributed by atoms with E-state index in [1.54, 1.807) is 12.1 Å².